The number of benzene rings is 1. The Balaban J connectivity index is 3.50. The Morgan fingerprint density at radius 1 is 0.952 bits per heavy atom. The van der Waals surface area contributed by atoms with E-state index in [-0.39, 0.29) is 10.8 Å². The van der Waals surface area contributed by atoms with E-state index in [0.29, 0.717) is 11.1 Å². The third-order valence-electron chi connectivity index (χ3n) is 3.75. The van der Waals surface area contributed by atoms with Crippen LogP contribution in [0.15, 0.2) is 12.1 Å². The van der Waals surface area contributed by atoms with Gasteiger partial charge in [0.1, 0.15) is 0 Å². The first-order valence-corrected chi connectivity index (χ1v) is 7.37. The van der Waals surface area contributed by atoms with Crippen LogP contribution in [0.4, 0.5) is 0 Å². The molecular formula is C18H25N3. The van der Waals surface area contributed by atoms with Gasteiger partial charge >= 0.3 is 0 Å². The Hall–Kier alpha value is -1.84. The molecule has 3 nitrogen and oxygen atoms in total. The molecule has 0 saturated heterocycles. The fraction of sp³-hybridized carbons (Fsp3) is 0.556. The second kappa shape index (κ2) is 6.29. The van der Waals surface area contributed by atoms with Gasteiger partial charge in [-0.15, -0.1) is 0 Å². The van der Waals surface area contributed by atoms with Crippen molar-refractivity contribution in [2.24, 2.45) is 0 Å². The lowest BCUT2D eigenvalue weighted by Gasteiger charge is -2.29. The van der Waals surface area contributed by atoms with E-state index in [1.165, 1.54) is 0 Å². The van der Waals surface area contributed by atoms with Gasteiger partial charge in [0, 0.05) is 12.0 Å². The van der Waals surface area contributed by atoms with Crippen LogP contribution in [0.25, 0.3) is 0 Å². The van der Waals surface area contributed by atoms with Crippen LogP contribution in [0.2, 0.25) is 0 Å². The number of hydrogen-bond donors (Lipinski definition) is 1. The van der Waals surface area contributed by atoms with E-state index in [4.69, 9.17) is 0 Å². The molecule has 0 radical (unpaired) electrons. The molecule has 1 aromatic carbocycles. The number of rotatable bonds is 4. The van der Waals surface area contributed by atoms with E-state index in [9.17, 15) is 10.5 Å². The van der Waals surface area contributed by atoms with Crippen molar-refractivity contribution in [2.45, 2.75) is 52.4 Å². The van der Waals surface area contributed by atoms with Crippen molar-refractivity contribution in [3.8, 4) is 12.1 Å². The summed E-state index contributed by atoms with van der Waals surface area (Å²) in [7, 11) is 0. The van der Waals surface area contributed by atoms with Crippen molar-refractivity contribution in [2.75, 3.05) is 13.1 Å². The van der Waals surface area contributed by atoms with E-state index in [2.05, 4.69) is 59.0 Å². The molecule has 0 saturated carbocycles. The first-order chi connectivity index (χ1) is 9.67. The molecule has 1 rings (SSSR count). The molecule has 0 aliphatic carbocycles. The molecule has 0 amide bonds. The molecule has 3 heteroatoms. The van der Waals surface area contributed by atoms with Gasteiger partial charge in [0.15, 0.2) is 0 Å². The van der Waals surface area contributed by atoms with Crippen LogP contribution in [0.5, 0.6) is 0 Å². The van der Waals surface area contributed by atoms with Crippen LogP contribution in [-0.4, -0.2) is 13.1 Å². The average molecular weight is 283 g/mol. The molecule has 0 heterocycles. The fourth-order valence-electron chi connectivity index (χ4n) is 2.50. The van der Waals surface area contributed by atoms with Crippen LogP contribution in [-0.2, 0) is 10.8 Å². The maximum atomic E-state index is 9.51. The van der Waals surface area contributed by atoms with Crippen LogP contribution in [0.3, 0.4) is 0 Å². The predicted molar refractivity (Wildman–Crippen MR) is 86.1 cm³/mol. The first kappa shape index (κ1) is 17.2. The van der Waals surface area contributed by atoms with E-state index >= 15 is 0 Å². The monoisotopic (exact) mass is 283 g/mol. The molecule has 0 unspecified atom stereocenters. The van der Waals surface area contributed by atoms with Gasteiger partial charge in [0.05, 0.1) is 23.3 Å². The second-order valence-corrected chi connectivity index (χ2v) is 7.08. The molecule has 112 valence electrons. The summed E-state index contributed by atoms with van der Waals surface area (Å²) in [5, 5.41) is 22.3. The highest BCUT2D eigenvalue weighted by Crippen LogP contribution is 2.33. The second-order valence-electron chi connectivity index (χ2n) is 7.08. The van der Waals surface area contributed by atoms with Crippen LogP contribution in [0.1, 0.15) is 63.8 Å². The van der Waals surface area contributed by atoms with Crippen LogP contribution in [0, 0.1) is 22.7 Å². The fourth-order valence-corrected chi connectivity index (χ4v) is 2.50. The van der Waals surface area contributed by atoms with Gasteiger partial charge in [0.25, 0.3) is 0 Å². The summed E-state index contributed by atoms with van der Waals surface area (Å²) in [5.41, 5.74) is 2.87. The third-order valence-corrected chi connectivity index (χ3v) is 3.75. The number of hydrogen-bond acceptors (Lipinski definition) is 3. The summed E-state index contributed by atoms with van der Waals surface area (Å²) in [5.74, 6) is 0. The summed E-state index contributed by atoms with van der Waals surface area (Å²) in [4.78, 5) is 0. The molecule has 0 aliphatic rings. The number of likely N-dealkylation sites (N-methyl/N-ethyl adjacent to an activating group) is 1. The zero-order valence-corrected chi connectivity index (χ0v) is 14.0. The summed E-state index contributed by atoms with van der Waals surface area (Å²) in [6.45, 7) is 14.1. The Bertz CT molecular complexity index is 593. The van der Waals surface area contributed by atoms with Crippen molar-refractivity contribution in [3.63, 3.8) is 0 Å². The molecule has 0 fully saturated rings. The Kier molecular flexibility index (Phi) is 5.15. The third kappa shape index (κ3) is 3.84. The molecular weight excluding hydrogens is 258 g/mol. The Morgan fingerprint density at radius 3 is 1.86 bits per heavy atom. The van der Waals surface area contributed by atoms with E-state index < -0.39 is 0 Å². The van der Waals surface area contributed by atoms with E-state index in [1.807, 2.05) is 12.1 Å². The molecule has 0 aliphatic heterocycles. The molecule has 0 spiro atoms. The van der Waals surface area contributed by atoms with Gasteiger partial charge in [-0.2, -0.15) is 10.5 Å². The minimum absolute atomic E-state index is 0.152. The summed E-state index contributed by atoms with van der Waals surface area (Å²) in [6.07, 6.45) is 0. The summed E-state index contributed by atoms with van der Waals surface area (Å²) in [6, 6.07) is 8.39. The maximum absolute atomic E-state index is 9.51. The lowest BCUT2D eigenvalue weighted by molar-refractivity contribution is 0.475. The van der Waals surface area contributed by atoms with Crippen molar-refractivity contribution in [3.05, 3.63) is 34.4 Å². The number of nitrogens with zero attached hydrogens (tertiary/aromatic N) is 2. The van der Waals surface area contributed by atoms with Crippen LogP contribution < -0.4 is 5.32 Å². The van der Waals surface area contributed by atoms with Crippen molar-refractivity contribution in [1.29, 1.82) is 10.5 Å². The van der Waals surface area contributed by atoms with Gasteiger partial charge in [-0.05, 0) is 35.2 Å². The zero-order chi connectivity index (χ0) is 16.3. The van der Waals surface area contributed by atoms with E-state index in [0.717, 1.165) is 24.2 Å². The quantitative estimate of drug-likeness (QED) is 0.918. The van der Waals surface area contributed by atoms with E-state index in [1.54, 1.807) is 0 Å². The average Bonchev–Trinajstić information content (AvgIpc) is 2.42. The van der Waals surface area contributed by atoms with Crippen molar-refractivity contribution < 1.29 is 0 Å². The molecule has 0 atom stereocenters. The van der Waals surface area contributed by atoms with Gasteiger partial charge in [-0.25, -0.2) is 0 Å². The minimum Gasteiger partial charge on any atom is -0.316 e. The van der Waals surface area contributed by atoms with Gasteiger partial charge in [0.2, 0.25) is 0 Å². The topological polar surface area (TPSA) is 59.6 Å². The zero-order valence-electron chi connectivity index (χ0n) is 14.0. The van der Waals surface area contributed by atoms with Gasteiger partial charge < -0.3 is 5.32 Å². The van der Waals surface area contributed by atoms with Gasteiger partial charge in [-0.3, -0.25) is 0 Å². The highest BCUT2D eigenvalue weighted by Gasteiger charge is 2.27. The normalized spacial score (nSPS) is 11.8. The highest BCUT2D eigenvalue weighted by molar-refractivity contribution is 5.53. The molecule has 0 aromatic heterocycles. The predicted octanol–water partition coefficient (Wildman–Crippen LogP) is 3.61. The molecule has 0 bridgehead atoms. The number of nitriles is 2. The minimum atomic E-state index is -0.191. The van der Waals surface area contributed by atoms with Crippen molar-refractivity contribution in [1.82, 2.24) is 5.32 Å². The summed E-state index contributed by atoms with van der Waals surface area (Å²) < 4.78 is 0. The first-order valence-electron chi connectivity index (χ1n) is 7.37. The summed E-state index contributed by atoms with van der Waals surface area (Å²) >= 11 is 0. The molecule has 21 heavy (non-hydrogen) atoms. The van der Waals surface area contributed by atoms with Crippen molar-refractivity contribution >= 4 is 0 Å². The Morgan fingerprint density at radius 2 is 1.43 bits per heavy atom. The van der Waals surface area contributed by atoms with Crippen LogP contribution >= 0.6 is 0 Å². The lowest BCUT2D eigenvalue weighted by Crippen LogP contribution is -2.34. The highest BCUT2D eigenvalue weighted by atomic mass is 14.9. The SMILES string of the molecule is CCNCC(C)(C)c1cc(C#N)c(C(C)(C)C)cc1C#N. The Labute approximate surface area is 128 Å². The molecule has 1 N–H and O–H groups in total. The smallest absolute Gasteiger partial charge is 0.0994 e. The molecule has 1 aromatic rings. The standard InChI is InChI=1S/C18H25N3/c1-7-21-12-18(5,6)16-9-13(10-19)15(17(2,3)4)8-14(16)11-20/h8-9,21H,7,12H2,1-6H3. The lowest BCUT2D eigenvalue weighted by atomic mass is 9.76. The van der Waals surface area contributed by atoms with Gasteiger partial charge in [-0.1, -0.05) is 41.5 Å². The number of nitrogens with one attached hydrogen (secondary N) is 1. The maximum Gasteiger partial charge on any atom is 0.0994 e. The largest absolute Gasteiger partial charge is 0.316 e.